The smallest absolute Gasteiger partial charge is 0.132 e. The molecule has 1 saturated heterocycles. The molecule has 3 N–H and O–H groups in total. The number of piperidine rings is 1. The Morgan fingerprint density at radius 3 is 2.50 bits per heavy atom. The molecular weight excluding hydrogens is 403 g/mol. The third-order valence-electron chi connectivity index (χ3n) is 5.98. The van der Waals surface area contributed by atoms with E-state index in [1.54, 1.807) is 38.3 Å². The largest absolute Gasteiger partial charge is 0.386 e. The number of H-pyrrole nitrogens is 1. The van der Waals surface area contributed by atoms with Gasteiger partial charge in [0, 0.05) is 51.4 Å². The van der Waals surface area contributed by atoms with Gasteiger partial charge in [-0.3, -0.25) is 0 Å². The van der Waals surface area contributed by atoms with E-state index in [4.69, 9.17) is 4.98 Å². The molecule has 2 aromatic heterocycles. The van der Waals surface area contributed by atoms with Gasteiger partial charge in [-0.2, -0.15) is 0 Å². The first-order valence-electron chi connectivity index (χ1n) is 11.2. The first kappa shape index (κ1) is 22.6. The standard InChI is InChI=1S/C26H33FN4O/c1-24(2)13-17(14-25(3,4)31-24)23-28-10-8-21(30-23)19-15-29-22-11-16(7-9-26(5,6)32)20(27)12-18(19)22/h7-12,15,17,29,31-32H,13-14H2,1-6H3/b9-7+. The average molecular weight is 437 g/mol. The van der Waals surface area contributed by atoms with E-state index in [1.165, 1.54) is 6.07 Å². The van der Waals surface area contributed by atoms with Crippen LogP contribution in [0.4, 0.5) is 4.39 Å². The van der Waals surface area contributed by atoms with E-state index >= 15 is 0 Å². The predicted molar refractivity (Wildman–Crippen MR) is 128 cm³/mol. The van der Waals surface area contributed by atoms with Gasteiger partial charge in [-0.05, 0) is 72.6 Å². The molecule has 0 spiro atoms. The molecule has 0 radical (unpaired) electrons. The number of aliphatic hydroxyl groups is 1. The molecule has 0 atom stereocenters. The zero-order valence-electron chi connectivity index (χ0n) is 19.8. The van der Waals surface area contributed by atoms with Gasteiger partial charge in [-0.1, -0.05) is 12.2 Å². The van der Waals surface area contributed by atoms with E-state index in [0.717, 1.165) is 40.8 Å². The van der Waals surface area contributed by atoms with Crippen molar-refractivity contribution in [3.63, 3.8) is 0 Å². The van der Waals surface area contributed by atoms with Crippen molar-refractivity contribution in [2.24, 2.45) is 0 Å². The van der Waals surface area contributed by atoms with E-state index in [9.17, 15) is 9.50 Å². The number of hydrogen-bond donors (Lipinski definition) is 3. The van der Waals surface area contributed by atoms with Crippen molar-refractivity contribution in [1.29, 1.82) is 0 Å². The van der Waals surface area contributed by atoms with E-state index in [2.05, 4.69) is 43.0 Å². The maximum Gasteiger partial charge on any atom is 0.132 e. The predicted octanol–water partition coefficient (Wildman–Crippen LogP) is 5.57. The number of benzene rings is 1. The first-order chi connectivity index (χ1) is 14.8. The summed E-state index contributed by atoms with van der Waals surface area (Å²) >= 11 is 0. The third kappa shape index (κ3) is 4.92. The second kappa shape index (κ2) is 7.78. The molecule has 0 unspecified atom stereocenters. The highest BCUT2D eigenvalue weighted by Crippen LogP contribution is 2.38. The molecular formula is C26H33FN4O. The molecule has 0 aliphatic carbocycles. The summed E-state index contributed by atoms with van der Waals surface area (Å²) in [5.41, 5.74) is 1.89. The summed E-state index contributed by atoms with van der Waals surface area (Å²) in [7, 11) is 0. The van der Waals surface area contributed by atoms with Crippen LogP contribution in [0.25, 0.3) is 28.2 Å². The normalized spacial score (nSPS) is 19.1. The zero-order valence-corrected chi connectivity index (χ0v) is 19.8. The lowest BCUT2D eigenvalue weighted by atomic mass is 9.75. The molecule has 0 amide bonds. The van der Waals surface area contributed by atoms with E-state index < -0.39 is 5.60 Å². The van der Waals surface area contributed by atoms with Gasteiger partial charge in [0.25, 0.3) is 0 Å². The van der Waals surface area contributed by atoms with Crippen molar-refractivity contribution in [2.45, 2.75) is 77.0 Å². The van der Waals surface area contributed by atoms with Crippen LogP contribution in [0.3, 0.4) is 0 Å². The minimum absolute atomic E-state index is 0.00272. The van der Waals surface area contributed by atoms with Gasteiger partial charge in [0.15, 0.2) is 0 Å². The molecule has 4 rings (SSSR count). The van der Waals surface area contributed by atoms with Crippen LogP contribution in [0.2, 0.25) is 0 Å². The van der Waals surface area contributed by atoms with Crippen molar-refractivity contribution in [3.05, 3.63) is 53.9 Å². The van der Waals surface area contributed by atoms with Gasteiger partial charge in [0.05, 0.1) is 11.3 Å². The van der Waals surface area contributed by atoms with Crippen molar-refractivity contribution < 1.29 is 9.50 Å². The van der Waals surface area contributed by atoms with Crippen molar-refractivity contribution in [3.8, 4) is 11.3 Å². The number of nitrogens with zero attached hydrogens (tertiary/aromatic N) is 2. The lowest BCUT2D eigenvalue weighted by molar-refractivity contribution is 0.134. The lowest BCUT2D eigenvalue weighted by Crippen LogP contribution is -2.57. The van der Waals surface area contributed by atoms with Gasteiger partial charge in [0.2, 0.25) is 0 Å². The number of aromatic nitrogens is 3. The quantitative estimate of drug-likeness (QED) is 0.500. The Morgan fingerprint density at radius 1 is 1.16 bits per heavy atom. The lowest BCUT2D eigenvalue weighted by Gasteiger charge is -2.46. The van der Waals surface area contributed by atoms with Gasteiger partial charge in [0.1, 0.15) is 11.6 Å². The Labute approximate surface area is 189 Å². The second-order valence-corrected chi connectivity index (χ2v) is 10.9. The summed E-state index contributed by atoms with van der Waals surface area (Å²) in [6.07, 6.45) is 8.78. The SMILES string of the molecule is CC(C)(O)/C=C/c1cc2[nH]cc(-c3ccnc(C4CC(C)(C)NC(C)(C)C4)n3)c2cc1F. The maximum absolute atomic E-state index is 14.8. The molecule has 32 heavy (non-hydrogen) atoms. The highest BCUT2D eigenvalue weighted by Gasteiger charge is 2.39. The molecule has 3 heterocycles. The topological polar surface area (TPSA) is 73.8 Å². The molecule has 6 heteroatoms. The van der Waals surface area contributed by atoms with Gasteiger partial charge in [-0.25, -0.2) is 14.4 Å². The number of fused-ring (bicyclic) bond motifs is 1. The Balaban J connectivity index is 1.70. The minimum Gasteiger partial charge on any atom is -0.386 e. The van der Waals surface area contributed by atoms with E-state index in [-0.39, 0.29) is 22.8 Å². The van der Waals surface area contributed by atoms with Crippen LogP contribution < -0.4 is 5.32 Å². The molecule has 1 aliphatic rings. The van der Waals surface area contributed by atoms with E-state index in [0.29, 0.717) is 5.56 Å². The van der Waals surface area contributed by atoms with Gasteiger partial charge in [-0.15, -0.1) is 0 Å². The Hall–Kier alpha value is -2.57. The Kier molecular flexibility index (Phi) is 5.50. The van der Waals surface area contributed by atoms with Crippen LogP contribution in [0.5, 0.6) is 0 Å². The average Bonchev–Trinajstić information content (AvgIpc) is 3.05. The van der Waals surface area contributed by atoms with Gasteiger partial charge >= 0.3 is 0 Å². The highest BCUT2D eigenvalue weighted by molar-refractivity contribution is 5.95. The fraction of sp³-hybridized carbons (Fsp3) is 0.462. The van der Waals surface area contributed by atoms with Crippen LogP contribution in [0.15, 0.2) is 36.7 Å². The summed E-state index contributed by atoms with van der Waals surface area (Å²) < 4.78 is 14.8. The third-order valence-corrected chi connectivity index (χ3v) is 5.98. The Bertz CT molecular complexity index is 1150. The van der Waals surface area contributed by atoms with Crippen LogP contribution in [0, 0.1) is 5.82 Å². The number of rotatable bonds is 4. The van der Waals surface area contributed by atoms with E-state index in [1.807, 2.05) is 12.3 Å². The number of nitrogens with one attached hydrogen (secondary N) is 2. The van der Waals surface area contributed by atoms with Gasteiger partial charge < -0.3 is 15.4 Å². The Morgan fingerprint density at radius 2 is 1.84 bits per heavy atom. The summed E-state index contributed by atoms with van der Waals surface area (Å²) in [6.45, 7) is 12.2. The van der Waals surface area contributed by atoms with Crippen LogP contribution in [0.1, 0.15) is 71.7 Å². The van der Waals surface area contributed by atoms with Crippen molar-refractivity contribution >= 4 is 17.0 Å². The van der Waals surface area contributed by atoms with Crippen molar-refractivity contribution in [1.82, 2.24) is 20.3 Å². The molecule has 1 aromatic carbocycles. The molecule has 1 fully saturated rings. The highest BCUT2D eigenvalue weighted by atomic mass is 19.1. The van der Waals surface area contributed by atoms with Crippen LogP contribution >= 0.6 is 0 Å². The minimum atomic E-state index is -1.00. The summed E-state index contributed by atoms with van der Waals surface area (Å²) in [6, 6.07) is 5.17. The fourth-order valence-electron chi connectivity index (χ4n) is 5.02. The van der Waals surface area contributed by atoms with Crippen LogP contribution in [-0.4, -0.2) is 36.7 Å². The van der Waals surface area contributed by atoms with Crippen molar-refractivity contribution in [2.75, 3.05) is 0 Å². The molecule has 0 bridgehead atoms. The molecule has 3 aromatic rings. The number of hydrogen-bond acceptors (Lipinski definition) is 4. The number of halogens is 1. The van der Waals surface area contributed by atoms with Crippen LogP contribution in [-0.2, 0) is 0 Å². The molecule has 5 nitrogen and oxygen atoms in total. The first-order valence-corrected chi connectivity index (χ1v) is 11.2. The second-order valence-electron chi connectivity index (χ2n) is 10.9. The molecule has 1 aliphatic heterocycles. The monoisotopic (exact) mass is 436 g/mol. The molecule has 0 saturated carbocycles. The summed E-state index contributed by atoms with van der Waals surface area (Å²) in [5.74, 6) is 0.751. The maximum atomic E-state index is 14.8. The zero-order chi connectivity index (χ0) is 23.3. The molecule has 170 valence electrons. The fourth-order valence-corrected chi connectivity index (χ4v) is 5.02. The summed E-state index contributed by atoms with van der Waals surface area (Å²) in [4.78, 5) is 12.8. The number of aromatic amines is 1. The summed E-state index contributed by atoms with van der Waals surface area (Å²) in [5, 5.41) is 14.4.